The lowest BCUT2D eigenvalue weighted by Gasteiger charge is -2.35. The van der Waals surface area contributed by atoms with E-state index in [2.05, 4.69) is 22.5 Å². The molecule has 1 aliphatic carbocycles. The molecule has 172 valence electrons. The number of rotatable bonds is 6. The van der Waals surface area contributed by atoms with E-state index >= 15 is 0 Å². The monoisotopic (exact) mass is 446 g/mol. The van der Waals surface area contributed by atoms with Gasteiger partial charge in [-0.05, 0) is 73.6 Å². The van der Waals surface area contributed by atoms with Crippen molar-refractivity contribution < 1.29 is 19.3 Å². The standard InChI is InChI=1S/C27H30N2O4/c1-31-22-5-6-24-23(17-22)20(10-13-28-24)3-2-19-8-11-27(30,12-9-19)18-29-21-4-7-25-26(16-21)33-15-14-32-25/h2-7,10,13,16-17,19,29-30H,8-9,11-12,14-15,18H2,1H3/b3-2+. The highest BCUT2D eigenvalue weighted by atomic mass is 16.6. The zero-order chi connectivity index (χ0) is 22.7. The molecule has 1 aromatic heterocycles. The largest absolute Gasteiger partial charge is 0.497 e. The molecule has 0 bridgehead atoms. The van der Waals surface area contributed by atoms with E-state index in [9.17, 15) is 5.11 Å². The molecule has 0 amide bonds. The molecule has 6 nitrogen and oxygen atoms in total. The van der Waals surface area contributed by atoms with Crippen LogP contribution in [0.3, 0.4) is 0 Å². The maximum Gasteiger partial charge on any atom is 0.163 e. The van der Waals surface area contributed by atoms with E-state index in [1.807, 2.05) is 48.7 Å². The summed E-state index contributed by atoms with van der Waals surface area (Å²) < 4.78 is 16.6. The van der Waals surface area contributed by atoms with E-state index in [-0.39, 0.29) is 0 Å². The molecule has 3 aromatic rings. The Balaban J connectivity index is 1.19. The van der Waals surface area contributed by atoms with Crippen LogP contribution in [0.1, 0.15) is 31.2 Å². The number of allylic oxidation sites excluding steroid dienone is 1. The van der Waals surface area contributed by atoms with Gasteiger partial charge in [0.05, 0.1) is 18.2 Å². The van der Waals surface area contributed by atoms with E-state index in [1.54, 1.807) is 7.11 Å². The topological polar surface area (TPSA) is 72.8 Å². The number of hydrogen-bond acceptors (Lipinski definition) is 6. The Morgan fingerprint density at radius 3 is 2.73 bits per heavy atom. The number of hydrogen-bond donors (Lipinski definition) is 2. The molecule has 1 saturated carbocycles. The Morgan fingerprint density at radius 1 is 1.09 bits per heavy atom. The van der Waals surface area contributed by atoms with Crippen LogP contribution >= 0.6 is 0 Å². The first-order chi connectivity index (χ1) is 16.1. The highest BCUT2D eigenvalue weighted by molar-refractivity contribution is 5.88. The molecule has 0 saturated heterocycles. The van der Waals surface area contributed by atoms with Crippen molar-refractivity contribution in [2.75, 3.05) is 32.2 Å². The smallest absolute Gasteiger partial charge is 0.163 e. The minimum atomic E-state index is -0.700. The van der Waals surface area contributed by atoms with Crippen LogP contribution in [0.25, 0.3) is 17.0 Å². The van der Waals surface area contributed by atoms with E-state index in [4.69, 9.17) is 14.2 Å². The van der Waals surface area contributed by atoms with Crippen molar-refractivity contribution in [1.82, 2.24) is 4.98 Å². The van der Waals surface area contributed by atoms with Crippen LogP contribution in [-0.2, 0) is 0 Å². The van der Waals surface area contributed by atoms with Crippen molar-refractivity contribution in [3.63, 3.8) is 0 Å². The van der Waals surface area contributed by atoms with Crippen LogP contribution in [0.15, 0.2) is 54.7 Å². The molecule has 0 unspecified atom stereocenters. The summed E-state index contributed by atoms with van der Waals surface area (Å²) in [5, 5.41) is 15.6. The first-order valence-corrected chi connectivity index (χ1v) is 11.6. The van der Waals surface area contributed by atoms with Gasteiger partial charge >= 0.3 is 0 Å². The summed E-state index contributed by atoms with van der Waals surface area (Å²) in [6.07, 6.45) is 9.77. The minimum Gasteiger partial charge on any atom is -0.497 e. The average Bonchev–Trinajstić information content (AvgIpc) is 2.87. The third-order valence-corrected chi connectivity index (χ3v) is 6.66. The molecule has 0 atom stereocenters. The second-order valence-electron chi connectivity index (χ2n) is 8.92. The van der Waals surface area contributed by atoms with Gasteiger partial charge in [-0.2, -0.15) is 0 Å². The summed E-state index contributed by atoms with van der Waals surface area (Å²) >= 11 is 0. The zero-order valence-electron chi connectivity index (χ0n) is 18.9. The zero-order valence-corrected chi connectivity index (χ0v) is 18.9. The molecule has 1 fully saturated rings. The number of benzene rings is 2. The SMILES string of the molecule is COc1ccc2nccc(/C=C/C3CCC(O)(CNc4ccc5c(c4)OCCO5)CC3)c2c1. The van der Waals surface area contributed by atoms with Crippen molar-refractivity contribution in [3.8, 4) is 17.2 Å². The summed E-state index contributed by atoms with van der Waals surface area (Å²) in [7, 11) is 1.68. The number of nitrogens with one attached hydrogen (secondary N) is 1. The Labute approximate surface area is 194 Å². The summed E-state index contributed by atoms with van der Waals surface area (Å²) in [4.78, 5) is 4.46. The Hall–Kier alpha value is -3.25. The first-order valence-electron chi connectivity index (χ1n) is 11.6. The fourth-order valence-electron chi connectivity index (χ4n) is 4.63. The Bertz CT molecular complexity index is 1150. The lowest BCUT2D eigenvalue weighted by atomic mass is 9.78. The second kappa shape index (κ2) is 9.32. The molecule has 5 rings (SSSR count). The molecule has 2 aliphatic rings. The van der Waals surface area contributed by atoms with Crippen molar-refractivity contribution in [3.05, 3.63) is 60.3 Å². The number of ether oxygens (including phenoxy) is 3. The Morgan fingerprint density at radius 2 is 1.91 bits per heavy atom. The van der Waals surface area contributed by atoms with Gasteiger partial charge in [-0.3, -0.25) is 4.98 Å². The van der Waals surface area contributed by atoms with E-state index in [1.165, 1.54) is 0 Å². The van der Waals surface area contributed by atoms with E-state index < -0.39 is 5.60 Å². The third kappa shape index (κ3) is 4.91. The maximum atomic E-state index is 11.1. The minimum absolute atomic E-state index is 0.452. The first kappa shape index (κ1) is 21.6. The van der Waals surface area contributed by atoms with Crippen LogP contribution in [0.4, 0.5) is 5.69 Å². The maximum absolute atomic E-state index is 11.1. The van der Waals surface area contributed by atoms with Gasteiger partial charge in [0.25, 0.3) is 0 Å². The van der Waals surface area contributed by atoms with Crippen LogP contribution in [0.2, 0.25) is 0 Å². The van der Waals surface area contributed by atoms with Crippen molar-refractivity contribution in [2.24, 2.45) is 5.92 Å². The highest BCUT2D eigenvalue weighted by Gasteiger charge is 2.32. The highest BCUT2D eigenvalue weighted by Crippen LogP contribution is 2.36. The van der Waals surface area contributed by atoms with Gasteiger partial charge in [0, 0.05) is 29.9 Å². The summed E-state index contributed by atoms with van der Waals surface area (Å²) in [6.45, 7) is 1.68. The molecule has 2 heterocycles. The molecule has 2 N–H and O–H groups in total. The van der Waals surface area contributed by atoms with Crippen LogP contribution < -0.4 is 19.5 Å². The molecule has 6 heteroatoms. The second-order valence-corrected chi connectivity index (χ2v) is 8.92. The van der Waals surface area contributed by atoms with Gasteiger partial charge in [-0.1, -0.05) is 12.2 Å². The molecule has 2 aromatic carbocycles. The lowest BCUT2D eigenvalue weighted by molar-refractivity contribution is 0.00832. The number of pyridine rings is 1. The van der Waals surface area contributed by atoms with Crippen molar-refractivity contribution >= 4 is 22.7 Å². The Kier molecular flexibility index (Phi) is 6.09. The fraction of sp³-hybridized carbons (Fsp3) is 0.370. The van der Waals surface area contributed by atoms with Gasteiger partial charge in [0.1, 0.15) is 19.0 Å². The van der Waals surface area contributed by atoms with Crippen molar-refractivity contribution in [2.45, 2.75) is 31.3 Å². The predicted octanol–water partition coefficient (Wildman–Crippen LogP) is 5.06. The van der Waals surface area contributed by atoms with Crippen molar-refractivity contribution in [1.29, 1.82) is 0 Å². The van der Waals surface area contributed by atoms with Gasteiger partial charge in [-0.25, -0.2) is 0 Å². The van der Waals surface area contributed by atoms with Crippen LogP contribution in [0.5, 0.6) is 17.2 Å². The fourth-order valence-corrected chi connectivity index (χ4v) is 4.63. The van der Waals surface area contributed by atoms with Crippen LogP contribution in [-0.4, -0.2) is 42.6 Å². The number of anilines is 1. The number of nitrogens with zero attached hydrogens (tertiary/aromatic N) is 1. The molecule has 0 radical (unpaired) electrons. The van der Waals surface area contributed by atoms with E-state index in [0.29, 0.717) is 25.7 Å². The quantitative estimate of drug-likeness (QED) is 0.551. The molecular formula is C27H30N2O4. The number of fused-ring (bicyclic) bond motifs is 2. The number of methoxy groups -OCH3 is 1. The van der Waals surface area contributed by atoms with Gasteiger partial charge in [-0.15, -0.1) is 0 Å². The molecule has 33 heavy (non-hydrogen) atoms. The predicted molar refractivity (Wildman–Crippen MR) is 130 cm³/mol. The normalized spacial score (nSPS) is 22.4. The van der Waals surface area contributed by atoms with Gasteiger partial charge in [0.15, 0.2) is 11.5 Å². The molecular weight excluding hydrogens is 416 g/mol. The number of aromatic nitrogens is 1. The average molecular weight is 447 g/mol. The summed E-state index contributed by atoms with van der Waals surface area (Å²) in [6, 6.07) is 13.8. The van der Waals surface area contributed by atoms with Gasteiger partial charge in [0.2, 0.25) is 0 Å². The summed E-state index contributed by atoms with van der Waals surface area (Å²) in [5.74, 6) is 2.82. The molecule has 1 aliphatic heterocycles. The third-order valence-electron chi connectivity index (χ3n) is 6.66. The van der Waals surface area contributed by atoms with E-state index in [0.717, 1.165) is 65.1 Å². The lowest BCUT2D eigenvalue weighted by Crippen LogP contribution is -2.40. The number of aliphatic hydroxyl groups is 1. The summed E-state index contributed by atoms with van der Waals surface area (Å²) in [5.41, 5.74) is 2.34. The van der Waals surface area contributed by atoms with Crippen LogP contribution in [0, 0.1) is 5.92 Å². The molecule has 0 spiro atoms. The van der Waals surface area contributed by atoms with Gasteiger partial charge < -0.3 is 24.6 Å².